The van der Waals surface area contributed by atoms with Gasteiger partial charge in [0.15, 0.2) is 5.78 Å². The summed E-state index contributed by atoms with van der Waals surface area (Å²) < 4.78 is 10.7. The van der Waals surface area contributed by atoms with Gasteiger partial charge < -0.3 is 29.5 Å². The number of amides is 4. The zero-order valence-electron chi connectivity index (χ0n) is 35.5. The van der Waals surface area contributed by atoms with E-state index in [4.69, 9.17) is 9.47 Å². The van der Waals surface area contributed by atoms with Gasteiger partial charge in [-0.05, 0) is 59.1 Å². The van der Waals surface area contributed by atoms with Gasteiger partial charge in [-0.15, -0.1) is 0 Å². The van der Waals surface area contributed by atoms with Crippen molar-refractivity contribution in [3.05, 3.63) is 131 Å². The van der Waals surface area contributed by atoms with E-state index in [-0.39, 0.29) is 43.5 Å². The molecule has 4 atom stereocenters. The Morgan fingerprint density at radius 1 is 0.672 bits per heavy atom. The second kappa shape index (κ2) is 20.8. The minimum atomic E-state index is -1.45. The van der Waals surface area contributed by atoms with Crippen LogP contribution in [-0.2, 0) is 46.3 Å². The van der Waals surface area contributed by atoms with E-state index in [9.17, 15) is 28.8 Å². The first-order valence-electron chi connectivity index (χ1n) is 21.1. The monoisotopic (exact) mass is 828 g/mol. The van der Waals surface area contributed by atoms with Crippen LogP contribution in [0.2, 0.25) is 0 Å². The lowest BCUT2D eigenvalue weighted by molar-refractivity contribution is -0.150. The summed E-state index contributed by atoms with van der Waals surface area (Å²) in [6.07, 6.45) is 1.68. The first-order chi connectivity index (χ1) is 29.5. The number of carbonyl (C=O) groups is 6. The summed E-state index contributed by atoms with van der Waals surface area (Å²) in [6.45, 7) is 3.06. The number of carbonyl (C=O) groups excluding carboxylic acids is 6. The normalized spacial score (nSPS) is 15.2. The first kappa shape index (κ1) is 44.3. The van der Waals surface area contributed by atoms with E-state index in [0.29, 0.717) is 13.1 Å². The van der Waals surface area contributed by atoms with Gasteiger partial charge in [-0.1, -0.05) is 116 Å². The van der Waals surface area contributed by atoms with Crippen LogP contribution in [-0.4, -0.2) is 109 Å². The molecule has 0 spiro atoms. The summed E-state index contributed by atoms with van der Waals surface area (Å²) in [5.74, 6) is -3.18. The minimum Gasteiger partial charge on any atom is -0.469 e. The van der Waals surface area contributed by atoms with Crippen LogP contribution in [0.5, 0.6) is 0 Å². The fourth-order valence-electron chi connectivity index (χ4n) is 8.50. The summed E-state index contributed by atoms with van der Waals surface area (Å²) in [6, 6.07) is 30.7. The third kappa shape index (κ3) is 10.9. The number of methoxy groups -OCH3 is 1. The number of esters is 1. The maximum Gasteiger partial charge on any atom is 0.407 e. The highest BCUT2D eigenvalue weighted by atomic mass is 16.5. The maximum absolute atomic E-state index is 14.9. The Morgan fingerprint density at radius 3 is 1.74 bits per heavy atom. The molecule has 2 aliphatic rings. The number of alkyl carbamates (subject to hydrolysis) is 1. The third-order valence-electron chi connectivity index (χ3n) is 12.0. The van der Waals surface area contributed by atoms with Crippen molar-refractivity contribution in [1.29, 1.82) is 0 Å². The molecule has 1 saturated heterocycles. The Morgan fingerprint density at radius 2 is 1.18 bits per heavy atom. The number of benzene rings is 4. The highest BCUT2D eigenvalue weighted by Crippen LogP contribution is 2.44. The number of ketones is 1. The third-order valence-corrected chi connectivity index (χ3v) is 12.0. The quantitative estimate of drug-likeness (QED) is 0.124. The molecule has 61 heavy (non-hydrogen) atoms. The molecule has 1 aliphatic carbocycles. The SMILES string of the molecule is COC(=O)C[C@H](NC(=O)OCC1c2ccccc2-c2ccccc21)C(=O)N(C)[C@@H](Cc1ccccc1)C(=O)N(C)[C@@H](Cc1ccccc1)C(=O)C[C@@H](C)C(=O)N1CCCCC1. The fraction of sp³-hybridized carbons (Fsp3) is 0.388. The van der Waals surface area contributed by atoms with Gasteiger partial charge in [0, 0.05) is 51.9 Å². The second-order valence-electron chi connectivity index (χ2n) is 16.1. The fourth-order valence-corrected chi connectivity index (χ4v) is 8.50. The number of hydrogen-bond donors (Lipinski definition) is 1. The Bertz CT molecular complexity index is 2130. The van der Waals surface area contributed by atoms with E-state index in [1.807, 2.05) is 114 Å². The number of rotatable bonds is 17. The van der Waals surface area contributed by atoms with Crippen molar-refractivity contribution in [2.75, 3.05) is 40.9 Å². The summed E-state index contributed by atoms with van der Waals surface area (Å²) in [5.41, 5.74) is 5.70. The highest BCUT2D eigenvalue weighted by Gasteiger charge is 2.39. The molecule has 12 nitrogen and oxygen atoms in total. The van der Waals surface area contributed by atoms with Gasteiger partial charge in [-0.2, -0.15) is 0 Å². The predicted molar refractivity (Wildman–Crippen MR) is 231 cm³/mol. The molecule has 0 aromatic heterocycles. The molecule has 4 amide bonds. The Balaban J connectivity index is 1.23. The summed E-state index contributed by atoms with van der Waals surface area (Å²) in [4.78, 5) is 87.7. The van der Waals surface area contributed by atoms with E-state index in [0.717, 1.165) is 52.6 Å². The van der Waals surface area contributed by atoms with Gasteiger partial charge in [0.25, 0.3) is 0 Å². The molecular weight excluding hydrogens is 773 g/mol. The van der Waals surface area contributed by atoms with Gasteiger partial charge in [-0.3, -0.25) is 24.0 Å². The van der Waals surface area contributed by atoms with Gasteiger partial charge >= 0.3 is 12.1 Å². The van der Waals surface area contributed by atoms with Gasteiger partial charge in [0.05, 0.1) is 19.6 Å². The molecule has 1 N–H and O–H groups in total. The predicted octanol–water partition coefficient (Wildman–Crippen LogP) is 6.20. The molecule has 0 saturated carbocycles. The highest BCUT2D eigenvalue weighted by molar-refractivity contribution is 5.96. The molecule has 4 aromatic carbocycles. The summed E-state index contributed by atoms with van der Waals surface area (Å²) in [7, 11) is 4.17. The number of likely N-dealkylation sites (tertiary alicyclic amines) is 1. The van der Waals surface area contributed by atoms with Crippen LogP contribution in [0.1, 0.15) is 67.2 Å². The Hall–Kier alpha value is -6.30. The van der Waals surface area contributed by atoms with E-state index in [1.165, 1.54) is 24.0 Å². The van der Waals surface area contributed by atoms with E-state index < -0.39 is 54.3 Å². The van der Waals surface area contributed by atoms with E-state index >= 15 is 0 Å². The van der Waals surface area contributed by atoms with Crippen molar-refractivity contribution in [3.63, 3.8) is 0 Å². The van der Waals surface area contributed by atoms with Crippen LogP contribution >= 0.6 is 0 Å². The average molecular weight is 829 g/mol. The summed E-state index contributed by atoms with van der Waals surface area (Å²) in [5, 5.41) is 2.59. The van der Waals surface area contributed by atoms with Crippen LogP contribution in [0.4, 0.5) is 4.79 Å². The van der Waals surface area contributed by atoms with E-state index in [2.05, 4.69) is 5.32 Å². The first-order valence-corrected chi connectivity index (χ1v) is 21.1. The topological polar surface area (TPSA) is 143 Å². The van der Waals surface area contributed by atoms with Crippen molar-refractivity contribution in [1.82, 2.24) is 20.0 Å². The van der Waals surface area contributed by atoms with Crippen molar-refractivity contribution in [2.45, 2.75) is 75.9 Å². The van der Waals surface area contributed by atoms with E-state index in [1.54, 1.807) is 14.0 Å². The maximum atomic E-state index is 14.9. The van der Waals surface area contributed by atoms with Gasteiger partial charge in [-0.25, -0.2) is 4.79 Å². The Labute approximate surface area is 358 Å². The zero-order valence-corrected chi connectivity index (χ0v) is 35.5. The van der Waals surface area contributed by atoms with Crippen LogP contribution in [0.15, 0.2) is 109 Å². The van der Waals surface area contributed by atoms with Gasteiger partial charge in [0.2, 0.25) is 17.7 Å². The second-order valence-corrected chi connectivity index (χ2v) is 16.1. The molecule has 0 bridgehead atoms. The molecule has 0 radical (unpaired) electrons. The summed E-state index contributed by atoms with van der Waals surface area (Å²) >= 11 is 0. The lowest BCUT2D eigenvalue weighted by atomic mass is 9.92. The van der Waals surface area contributed by atoms with Gasteiger partial charge in [0.1, 0.15) is 18.7 Å². The zero-order chi connectivity index (χ0) is 43.5. The lowest BCUT2D eigenvalue weighted by Crippen LogP contribution is -2.58. The minimum absolute atomic E-state index is 0.0200. The molecule has 1 heterocycles. The number of nitrogens with zero attached hydrogens (tertiary/aromatic N) is 3. The number of ether oxygens (including phenoxy) is 2. The lowest BCUT2D eigenvalue weighted by Gasteiger charge is -2.36. The number of Topliss-reactive ketones (excluding diaryl/α,β-unsaturated/α-hetero) is 1. The van der Waals surface area contributed by atoms with Crippen LogP contribution < -0.4 is 5.32 Å². The van der Waals surface area contributed by atoms with Crippen LogP contribution in [0, 0.1) is 5.92 Å². The van der Waals surface area contributed by atoms with Crippen molar-refractivity contribution >= 4 is 35.6 Å². The van der Waals surface area contributed by atoms with Crippen molar-refractivity contribution < 1.29 is 38.2 Å². The average Bonchev–Trinajstić information content (AvgIpc) is 3.62. The van der Waals surface area contributed by atoms with Crippen LogP contribution in [0.3, 0.4) is 0 Å². The largest absolute Gasteiger partial charge is 0.469 e. The molecular formula is C49H56N4O8. The molecule has 1 fully saturated rings. The number of fused-ring (bicyclic) bond motifs is 3. The standard InChI is InChI=1S/C49H56N4O8/c1-33(46(56)53-26-16-7-17-27-53)28-44(54)42(29-34-18-8-5-9-19-34)51(2)48(58)43(30-35-20-10-6-11-21-35)52(3)47(57)41(31-45(55)60-4)50-49(59)61-32-40-38-24-14-12-22-36(38)37-23-13-15-25-39(37)40/h5-6,8-15,18-25,33,40-43H,7,16-17,26-32H2,1-4H3,(H,50,59)/t33-,41+,42+,43+/m1/s1. The smallest absolute Gasteiger partial charge is 0.407 e. The van der Waals surface area contributed by atoms with Crippen molar-refractivity contribution in [3.8, 4) is 11.1 Å². The number of nitrogens with one attached hydrogen (secondary N) is 1. The van der Waals surface area contributed by atoms with Crippen molar-refractivity contribution in [2.24, 2.45) is 5.92 Å². The molecule has 4 aromatic rings. The number of likely N-dealkylation sites (N-methyl/N-ethyl adjacent to an activating group) is 2. The number of hydrogen-bond acceptors (Lipinski definition) is 8. The molecule has 6 rings (SSSR count). The Kier molecular flexibility index (Phi) is 15.1. The number of piperidine rings is 1. The molecule has 0 unspecified atom stereocenters. The van der Waals surface area contributed by atoms with Crippen LogP contribution in [0.25, 0.3) is 11.1 Å². The molecule has 1 aliphatic heterocycles. The molecule has 12 heteroatoms. The molecule has 320 valence electrons.